The molecule has 0 saturated heterocycles. The molecule has 0 atom stereocenters. The number of carbonyl (C=O) groups is 1. The van der Waals surface area contributed by atoms with Gasteiger partial charge in [-0.2, -0.15) is 0 Å². The number of amides is 1. The van der Waals surface area contributed by atoms with Crippen LogP contribution in [-0.4, -0.2) is 36.1 Å². The molecule has 3 aromatic rings. The number of ether oxygens (including phenoxy) is 2. The number of nitrogens with zero attached hydrogens (tertiary/aromatic N) is 2. The molecule has 146 valence electrons. The minimum atomic E-state index is -0.209. The molecular formula is C20H21N3O4S. The fourth-order valence-electron chi connectivity index (χ4n) is 2.47. The van der Waals surface area contributed by atoms with E-state index in [0.29, 0.717) is 28.3 Å². The summed E-state index contributed by atoms with van der Waals surface area (Å²) in [7, 11) is 3.10. The first kappa shape index (κ1) is 19.8. The summed E-state index contributed by atoms with van der Waals surface area (Å²) in [6.45, 7) is 4.08. The number of benzene rings is 2. The molecule has 0 bridgehead atoms. The van der Waals surface area contributed by atoms with Gasteiger partial charge in [0.15, 0.2) is 0 Å². The topological polar surface area (TPSA) is 86.5 Å². The van der Waals surface area contributed by atoms with Crippen LogP contribution in [0.2, 0.25) is 0 Å². The summed E-state index contributed by atoms with van der Waals surface area (Å²) in [6, 6.07) is 11.1. The van der Waals surface area contributed by atoms with Crippen LogP contribution in [0.3, 0.4) is 0 Å². The van der Waals surface area contributed by atoms with E-state index >= 15 is 0 Å². The van der Waals surface area contributed by atoms with Crippen molar-refractivity contribution >= 4 is 23.4 Å². The van der Waals surface area contributed by atoms with E-state index in [9.17, 15) is 4.79 Å². The summed E-state index contributed by atoms with van der Waals surface area (Å²) < 4.78 is 16.1. The zero-order valence-electron chi connectivity index (χ0n) is 16.1. The summed E-state index contributed by atoms with van der Waals surface area (Å²) in [4.78, 5) is 12.3. The zero-order chi connectivity index (χ0) is 20.1. The monoisotopic (exact) mass is 399 g/mol. The minimum absolute atomic E-state index is 0.129. The van der Waals surface area contributed by atoms with Gasteiger partial charge in [0.1, 0.15) is 11.5 Å². The Morgan fingerprint density at radius 3 is 2.61 bits per heavy atom. The van der Waals surface area contributed by atoms with Crippen molar-refractivity contribution in [3.63, 3.8) is 0 Å². The first-order valence-corrected chi connectivity index (χ1v) is 9.54. The number of rotatable bonds is 7. The Morgan fingerprint density at radius 1 is 1.07 bits per heavy atom. The maximum atomic E-state index is 12.3. The third-order valence-electron chi connectivity index (χ3n) is 4.17. The highest BCUT2D eigenvalue weighted by Gasteiger charge is 2.13. The number of hydrogen-bond donors (Lipinski definition) is 1. The minimum Gasteiger partial charge on any atom is -0.497 e. The molecule has 0 radical (unpaired) electrons. The average molecular weight is 399 g/mol. The quantitative estimate of drug-likeness (QED) is 0.599. The second kappa shape index (κ2) is 8.79. The van der Waals surface area contributed by atoms with Crippen molar-refractivity contribution in [1.82, 2.24) is 10.2 Å². The summed E-state index contributed by atoms with van der Waals surface area (Å²) >= 11 is 1.17. The Bertz CT molecular complexity index is 987. The molecule has 1 amide bonds. The Labute approximate surface area is 167 Å². The number of anilines is 1. The van der Waals surface area contributed by atoms with Gasteiger partial charge in [0.25, 0.3) is 5.22 Å². The summed E-state index contributed by atoms with van der Waals surface area (Å²) in [6.07, 6.45) is 0. The molecule has 0 spiro atoms. The van der Waals surface area contributed by atoms with Crippen LogP contribution in [0.1, 0.15) is 11.1 Å². The molecule has 1 aromatic heterocycles. The molecule has 3 rings (SSSR count). The van der Waals surface area contributed by atoms with Crippen LogP contribution in [0.5, 0.6) is 11.5 Å². The molecule has 8 heteroatoms. The Morgan fingerprint density at radius 2 is 1.89 bits per heavy atom. The molecule has 7 nitrogen and oxygen atoms in total. The molecule has 0 fully saturated rings. The van der Waals surface area contributed by atoms with Gasteiger partial charge in [-0.1, -0.05) is 17.8 Å². The van der Waals surface area contributed by atoms with Crippen molar-refractivity contribution in [2.45, 2.75) is 19.1 Å². The average Bonchev–Trinajstić information content (AvgIpc) is 3.18. The van der Waals surface area contributed by atoms with Crippen molar-refractivity contribution in [3.8, 4) is 23.0 Å². The predicted molar refractivity (Wildman–Crippen MR) is 108 cm³/mol. The summed E-state index contributed by atoms with van der Waals surface area (Å²) in [5.41, 5.74) is 3.77. The summed E-state index contributed by atoms with van der Waals surface area (Å²) in [5, 5.41) is 11.2. The van der Waals surface area contributed by atoms with Crippen molar-refractivity contribution in [1.29, 1.82) is 0 Å². The van der Waals surface area contributed by atoms with Gasteiger partial charge in [0.2, 0.25) is 11.8 Å². The highest BCUT2D eigenvalue weighted by Crippen LogP contribution is 2.29. The van der Waals surface area contributed by atoms with E-state index in [0.717, 1.165) is 11.1 Å². The lowest BCUT2D eigenvalue weighted by atomic mass is 10.1. The standard InChI is InChI=1S/C20H21N3O4S/c1-12-5-6-14(9-13(12)2)19-22-23-20(27-19)28-11-18(24)21-16-8-7-15(25-3)10-17(16)26-4/h5-10H,11H2,1-4H3,(H,21,24). The normalized spacial score (nSPS) is 10.6. The SMILES string of the molecule is COc1ccc(NC(=O)CSc2nnc(-c3ccc(C)c(C)c3)o2)c(OC)c1. The predicted octanol–water partition coefficient (Wildman–Crippen LogP) is 4.10. The van der Waals surface area contributed by atoms with Gasteiger partial charge < -0.3 is 19.2 Å². The van der Waals surface area contributed by atoms with Gasteiger partial charge in [-0.25, -0.2) is 0 Å². The van der Waals surface area contributed by atoms with Gasteiger partial charge in [0, 0.05) is 11.6 Å². The lowest BCUT2D eigenvalue weighted by Crippen LogP contribution is -2.14. The van der Waals surface area contributed by atoms with Crippen molar-refractivity contribution in [2.75, 3.05) is 25.3 Å². The zero-order valence-corrected chi connectivity index (χ0v) is 16.9. The van der Waals surface area contributed by atoms with Crippen LogP contribution in [0, 0.1) is 13.8 Å². The van der Waals surface area contributed by atoms with Gasteiger partial charge in [0.05, 0.1) is 25.7 Å². The first-order valence-electron chi connectivity index (χ1n) is 8.56. The number of methoxy groups -OCH3 is 2. The second-order valence-corrected chi connectivity index (χ2v) is 7.00. The fraction of sp³-hybridized carbons (Fsp3) is 0.250. The molecule has 0 aliphatic rings. The number of carbonyl (C=O) groups excluding carboxylic acids is 1. The maximum absolute atomic E-state index is 12.3. The smallest absolute Gasteiger partial charge is 0.277 e. The lowest BCUT2D eigenvalue weighted by molar-refractivity contribution is -0.113. The molecule has 2 aromatic carbocycles. The molecule has 0 unspecified atom stereocenters. The number of hydrogen-bond acceptors (Lipinski definition) is 7. The third-order valence-corrected chi connectivity index (χ3v) is 4.99. The van der Waals surface area contributed by atoms with Gasteiger partial charge in [-0.05, 0) is 49.2 Å². The second-order valence-electron chi connectivity index (χ2n) is 6.08. The maximum Gasteiger partial charge on any atom is 0.277 e. The van der Waals surface area contributed by atoms with Crippen LogP contribution in [0.4, 0.5) is 5.69 Å². The number of aryl methyl sites for hydroxylation is 2. The van der Waals surface area contributed by atoms with Crippen LogP contribution in [0.25, 0.3) is 11.5 Å². The van der Waals surface area contributed by atoms with Crippen LogP contribution < -0.4 is 14.8 Å². The number of nitrogens with one attached hydrogen (secondary N) is 1. The van der Waals surface area contributed by atoms with Gasteiger partial charge >= 0.3 is 0 Å². The van der Waals surface area contributed by atoms with Crippen LogP contribution >= 0.6 is 11.8 Å². The Kier molecular flexibility index (Phi) is 6.20. The van der Waals surface area contributed by atoms with E-state index in [2.05, 4.69) is 15.5 Å². The highest BCUT2D eigenvalue weighted by atomic mass is 32.2. The van der Waals surface area contributed by atoms with Crippen molar-refractivity contribution in [3.05, 3.63) is 47.5 Å². The summed E-state index contributed by atoms with van der Waals surface area (Å²) in [5.74, 6) is 1.52. The van der Waals surface area contributed by atoms with Gasteiger partial charge in [-0.3, -0.25) is 4.79 Å². The molecule has 1 N–H and O–H groups in total. The lowest BCUT2D eigenvalue weighted by Gasteiger charge is -2.11. The van der Waals surface area contributed by atoms with E-state index in [4.69, 9.17) is 13.9 Å². The van der Waals surface area contributed by atoms with E-state index in [1.807, 2.05) is 32.0 Å². The first-order chi connectivity index (χ1) is 13.5. The molecular weight excluding hydrogens is 378 g/mol. The van der Waals surface area contributed by atoms with E-state index in [-0.39, 0.29) is 11.7 Å². The number of aromatic nitrogens is 2. The molecule has 0 aliphatic heterocycles. The van der Waals surface area contributed by atoms with E-state index in [1.165, 1.54) is 24.4 Å². The van der Waals surface area contributed by atoms with E-state index in [1.54, 1.807) is 25.3 Å². The van der Waals surface area contributed by atoms with Crippen molar-refractivity contribution in [2.24, 2.45) is 0 Å². The van der Waals surface area contributed by atoms with Gasteiger partial charge in [-0.15, -0.1) is 10.2 Å². The number of thioether (sulfide) groups is 1. The van der Waals surface area contributed by atoms with Crippen molar-refractivity contribution < 1.29 is 18.7 Å². The molecule has 0 saturated carbocycles. The largest absolute Gasteiger partial charge is 0.497 e. The highest BCUT2D eigenvalue weighted by molar-refractivity contribution is 7.99. The van der Waals surface area contributed by atoms with Crippen LogP contribution in [0.15, 0.2) is 46.0 Å². The third kappa shape index (κ3) is 4.64. The fourth-order valence-corrected chi connectivity index (χ4v) is 3.04. The Hall–Kier alpha value is -3.00. The molecule has 28 heavy (non-hydrogen) atoms. The molecule has 1 heterocycles. The van der Waals surface area contributed by atoms with E-state index < -0.39 is 0 Å². The van der Waals surface area contributed by atoms with Crippen LogP contribution in [-0.2, 0) is 4.79 Å². The molecule has 0 aliphatic carbocycles. The Balaban J connectivity index is 1.61.